The van der Waals surface area contributed by atoms with Gasteiger partial charge in [-0.15, -0.1) is 0 Å². The van der Waals surface area contributed by atoms with Crippen molar-refractivity contribution in [3.63, 3.8) is 0 Å². The summed E-state index contributed by atoms with van der Waals surface area (Å²) < 4.78 is 5.14. The molecule has 0 amide bonds. The minimum absolute atomic E-state index is 0.00526. The second-order valence-electron chi connectivity index (χ2n) is 3.41. The summed E-state index contributed by atoms with van der Waals surface area (Å²) in [5.74, 6) is 0.728. The first-order chi connectivity index (χ1) is 8.13. The minimum Gasteiger partial charge on any atom is -0.497 e. The number of rotatable bonds is 5. The number of methoxy groups -OCH3 is 1. The summed E-state index contributed by atoms with van der Waals surface area (Å²) >= 11 is 0. The van der Waals surface area contributed by atoms with E-state index in [-0.39, 0.29) is 5.84 Å². The van der Waals surface area contributed by atoms with E-state index in [0.29, 0.717) is 5.57 Å². The molecule has 0 heterocycles. The Kier molecular flexibility index (Phi) is 4.39. The van der Waals surface area contributed by atoms with E-state index in [1.54, 1.807) is 13.2 Å². The number of hydrogen-bond donors (Lipinski definition) is 3. The van der Waals surface area contributed by atoms with Gasteiger partial charge in [-0.05, 0) is 19.1 Å². The Hall–Kier alpha value is -2.17. The zero-order chi connectivity index (χ0) is 12.8. The van der Waals surface area contributed by atoms with Gasteiger partial charge in [0.1, 0.15) is 5.75 Å². The van der Waals surface area contributed by atoms with Gasteiger partial charge in [0.05, 0.1) is 7.11 Å². The van der Waals surface area contributed by atoms with E-state index < -0.39 is 0 Å². The molecule has 0 radical (unpaired) electrons. The van der Waals surface area contributed by atoms with E-state index >= 15 is 0 Å². The van der Waals surface area contributed by atoms with E-state index in [1.807, 2.05) is 19.1 Å². The maximum absolute atomic E-state index is 8.65. The number of nitrogens with zero attached hydrogens (tertiary/aromatic N) is 1. The molecule has 0 spiro atoms. The number of benzene rings is 1. The molecule has 1 aromatic carbocycles. The van der Waals surface area contributed by atoms with E-state index in [1.165, 1.54) is 0 Å². The summed E-state index contributed by atoms with van der Waals surface area (Å²) in [6.07, 6.45) is 0. The summed E-state index contributed by atoms with van der Waals surface area (Å²) in [7, 11) is 1.60. The average Bonchev–Trinajstić information content (AvgIpc) is 2.37. The number of oxime groups is 1. The Morgan fingerprint density at radius 1 is 1.59 bits per heavy atom. The van der Waals surface area contributed by atoms with Gasteiger partial charge >= 0.3 is 0 Å². The van der Waals surface area contributed by atoms with Crippen molar-refractivity contribution in [2.45, 2.75) is 6.92 Å². The van der Waals surface area contributed by atoms with E-state index in [4.69, 9.17) is 15.7 Å². The molecule has 1 rings (SSSR count). The molecule has 17 heavy (non-hydrogen) atoms. The highest BCUT2D eigenvalue weighted by Crippen LogP contribution is 2.27. The fourth-order valence-electron chi connectivity index (χ4n) is 1.45. The first-order valence-electron chi connectivity index (χ1n) is 5.23. The molecule has 4 N–H and O–H groups in total. The second-order valence-corrected chi connectivity index (χ2v) is 3.41. The predicted molar refractivity (Wildman–Crippen MR) is 69.6 cm³/mol. The van der Waals surface area contributed by atoms with E-state index in [0.717, 1.165) is 23.5 Å². The molecule has 0 aliphatic heterocycles. The summed E-state index contributed by atoms with van der Waals surface area (Å²) in [4.78, 5) is 0. The maximum atomic E-state index is 8.65. The van der Waals surface area contributed by atoms with Gasteiger partial charge in [0, 0.05) is 29.4 Å². The molecular weight excluding hydrogens is 218 g/mol. The number of nitrogens with two attached hydrogens (primary N) is 1. The molecule has 5 nitrogen and oxygen atoms in total. The van der Waals surface area contributed by atoms with Crippen LogP contribution in [-0.2, 0) is 0 Å². The molecule has 0 unspecified atom stereocenters. The topological polar surface area (TPSA) is 79.9 Å². The number of amidine groups is 1. The third-order valence-corrected chi connectivity index (χ3v) is 2.34. The quantitative estimate of drug-likeness (QED) is 0.315. The lowest BCUT2D eigenvalue weighted by molar-refractivity contribution is 0.319. The largest absolute Gasteiger partial charge is 0.497 e. The van der Waals surface area contributed by atoms with Crippen LogP contribution in [0.2, 0.25) is 0 Å². The fourth-order valence-corrected chi connectivity index (χ4v) is 1.45. The van der Waals surface area contributed by atoms with Crippen molar-refractivity contribution in [1.29, 1.82) is 0 Å². The van der Waals surface area contributed by atoms with Gasteiger partial charge in [0.15, 0.2) is 5.84 Å². The predicted octanol–water partition coefficient (Wildman–Crippen LogP) is 1.89. The molecule has 0 aliphatic carbocycles. The third-order valence-electron chi connectivity index (χ3n) is 2.34. The zero-order valence-corrected chi connectivity index (χ0v) is 10.0. The van der Waals surface area contributed by atoms with Crippen LogP contribution < -0.4 is 15.8 Å². The lowest BCUT2D eigenvalue weighted by Crippen LogP contribution is -2.14. The molecule has 5 heteroatoms. The van der Waals surface area contributed by atoms with Gasteiger partial charge in [-0.1, -0.05) is 11.7 Å². The lowest BCUT2D eigenvalue weighted by atomic mass is 10.0. The van der Waals surface area contributed by atoms with Gasteiger partial charge in [-0.25, -0.2) is 0 Å². The SMILES string of the molecule is C=C(/C(N)=N/O)c1ccc(OC)cc1NCC. The van der Waals surface area contributed by atoms with Crippen LogP contribution in [0.1, 0.15) is 12.5 Å². The van der Waals surface area contributed by atoms with Gasteiger partial charge in [0.2, 0.25) is 0 Å². The van der Waals surface area contributed by atoms with Crippen molar-refractivity contribution in [3.8, 4) is 5.75 Å². The normalized spacial score (nSPS) is 11.1. The van der Waals surface area contributed by atoms with Gasteiger partial charge in [-0.3, -0.25) is 0 Å². The highest BCUT2D eigenvalue weighted by atomic mass is 16.5. The summed E-state index contributed by atoms with van der Waals surface area (Å²) in [5.41, 5.74) is 7.61. The number of nitrogens with one attached hydrogen (secondary N) is 1. The highest BCUT2D eigenvalue weighted by molar-refractivity contribution is 6.22. The van der Waals surface area contributed by atoms with Crippen molar-refractivity contribution >= 4 is 17.1 Å². The monoisotopic (exact) mass is 235 g/mol. The summed E-state index contributed by atoms with van der Waals surface area (Å²) in [6.45, 7) is 6.53. The van der Waals surface area contributed by atoms with Crippen molar-refractivity contribution in [3.05, 3.63) is 30.3 Å². The number of hydrogen-bond acceptors (Lipinski definition) is 4. The molecule has 0 aliphatic rings. The Morgan fingerprint density at radius 2 is 2.29 bits per heavy atom. The van der Waals surface area contributed by atoms with Crippen LogP contribution in [0.15, 0.2) is 29.9 Å². The maximum Gasteiger partial charge on any atom is 0.170 e. The minimum atomic E-state index is -0.00526. The summed E-state index contributed by atoms with van der Waals surface area (Å²) in [5, 5.41) is 14.8. The van der Waals surface area contributed by atoms with Crippen LogP contribution >= 0.6 is 0 Å². The summed E-state index contributed by atoms with van der Waals surface area (Å²) in [6, 6.07) is 5.46. The average molecular weight is 235 g/mol. The van der Waals surface area contributed by atoms with Gasteiger partial charge < -0.3 is 21.0 Å². The highest BCUT2D eigenvalue weighted by Gasteiger charge is 2.10. The standard InChI is InChI=1S/C12H17N3O2/c1-4-14-11-7-9(17-3)5-6-10(11)8(2)12(13)15-16/h5-7,14,16H,2,4H2,1,3H3,(H2,13,15). The lowest BCUT2D eigenvalue weighted by Gasteiger charge is -2.13. The van der Waals surface area contributed by atoms with Crippen LogP contribution in [0.3, 0.4) is 0 Å². The Bertz CT molecular complexity index is 441. The Labute approximate surface area is 101 Å². The fraction of sp³-hybridized carbons (Fsp3) is 0.250. The number of anilines is 1. The Balaban J connectivity index is 3.18. The molecule has 0 saturated carbocycles. The Morgan fingerprint density at radius 3 is 2.82 bits per heavy atom. The molecule has 0 fully saturated rings. The van der Waals surface area contributed by atoms with E-state index in [9.17, 15) is 0 Å². The van der Waals surface area contributed by atoms with Crippen LogP contribution in [-0.4, -0.2) is 24.7 Å². The van der Waals surface area contributed by atoms with Crippen LogP contribution in [0.5, 0.6) is 5.75 Å². The van der Waals surface area contributed by atoms with Crippen LogP contribution in [0.25, 0.3) is 5.57 Å². The van der Waals surface area contributed by atoms with Crippen LogP contribution in [0, 0.1) is 0 Å². The molecule has 0 saturated heterocycles. The van der Waals surface area contributed by atoms with E-state index in [2.05, 4.69) is 17.1 Å². The smallest absolute Gasteiger partial charge is 0.170 e. The van der Waals surface area contributed by atoms with Crippen molar-refractivity contribution in [2.24, 2.45) is 10.9 Å². The first kappa shape index (κ1) is 12.9. The molecule has 1 aromatic rings. The van der Waals surface area contributed by atoms with Gasteiger partial charge in [0.25, 0.3) is 0 Å². The zero-order valence-electron chi connectivity index (χ0n) is 10.0. The third kappa shape index (κ3) is 2.90. The second kappa shape index (κ2) is 5.79. The molecule has 92 valence electrons. The molecule has 0 atom stereocenters. The molecule has 0 aromatic heterocycles. The number of ether oxygens (including phenoxy) is 1. The van der Waals surface area contributed by atoms with Gasteiger partial charge in [-0.2, -0.15) is 0 Å². The molecular formula is C12H17N3O2. The van der Waals surface area contributed by atoms with Crippen LogP contribution in [0.4, 0.5) is 5.69 Å². The molecule has 0 bridgehead atoms. The van der Waals surface area contributed by atoms with Crippen molar-refractivity contribution in [2.75, 3.05) is 19.0 Å². The van der Waals surface area contributed by atoms with Crippen molar-refractivity contribution in [1.82, 2.24) is 0 Å². The van der Waals surface area contributed by atoms with Crippen molar-refractivity contribution < 1.29 is 9.94 Å². The first-order valence-corrected chi connectivity index (χ1v) is 5.23.